The summed E-state index contributed by atoms with van der Waals surface area (Å²) in [5, 5.41) is 3.50. The van der Waals surface area contributed by atoms with Gasteiger partial charge >= 0.3 is 0 Å². The van der Waals surface area contributed by atoms with Gasteiger partial charge in [-0.1, -0.05) is 24.3 Å². The van der Waals surface area contributed by atoms with Gasteiger partial charge in [-0.05, 0) is 30.2 Å². The molecule has 1 N–H and O–H groups in total. The van der Waals surface area contributed by atoms with E-state index >= 15 is 0 Å². The number of carbonyl (C=O) groups excluding carboxylic acids is 2. The summed E-state index contributed by atoms with van der Waals surface area (Å²) in [4.78, 5) is 28.6. The van der Waals surface area contributed by atoms with Crippen LogP contribution in [0.3, 0.4) is 0 Å². The molecular weight excluding hydrogens is 474 g/mol. The van der Waals surface area contributed by atoms with Crippen molar-refractivity contribution in [3.8, 4) is 5.75 Å². The number of hydrogen-bond donors (Lipinski definition) is 1. The van der Waals surface area contributed by atoms with Crippen LogP contribution in [-0.2, 0) is 38.8 Å². The van der Waals surface area contributed by atoms with Gasteiger partial charge in [0.05, 0.1) is 19.3 Å². The van der Waals surface area contributed by atoms with Gasteiger partial charge in [0.2, 0.25) is 11.8 Å². The van der Waals surface area contributed by atoms with Crippen LogP contribution in [0.2, 0.25) is 0 Å². The minimum Gasteiger partial charge on any atom is -0.485 e. The molecule has 3 aliphatic rings. The number of morpholine rings is 1. The molecule has 2 unspecified atom stereocenters. The van der Waals surface area contributed by atoms with E-state index in [1.807, 2.05) is 29.2 Å². The molecule has 2 fully saturated rings. The van der Waals surface area contributed by atoms with Crippen molar-refractivity contribution in [3.05, 3.63) is 64.9 Å². The Hall–Kier alpha value is -3.24. The van der Waals surface area contributed by atoms with E-state index in [9.17, 15) is 9.59 Å². The summed E-state index contributed by atoms with van der Waals surface area (Å²) in [6.07, 6.45) is 0.420. The zero-order valence-electron chi connectivity index (χ0n) is 20.9. The third kappa shape index (κ3) is 4.87. The van der Waals surface area contributed by atoms with E-state index in [1.165, 1.54) is 5.56 Å². The Balaban J connectivity index is 1.16. The average molecular weight is 506 g/mol. The molecule has 1 aromatic heterocycles. The molecule has 2 atom stereocenters. The van der Waals surface area contributed by atoms with Crippen LogP contribution in [0, 0.1) is 0 Å². The number of benzene rings is 2. The van der Waals surface area contributed by atoms with Crippen molar-refractivity contribution in [2.24, 2.45) is 0 Å². The van der Waals surface area contributed by atoms with Gasteiger partial charge in [-0.2, -0.15) is 0 Å². The number of furan rings is 1. The zero-order chi connectivity index (χ0) is 25.4. The van der Waals surface area contributed by atoms with Crippen molar-refractivity contribution in [1.82, 2.24) is 15.1 Å². The lowest BCUT2D eigenvalue weighted by Gasteiger charge is -2.33. The van der Waals surface area contributed by atoms with Gasteiger partial charge in [0.1, 0.15) is 29.9 Å². The maximum Gasteiger partial charge on any atom is 0.244 e. The molecule has 0 spiro atoms. The molecule has 194 valence electrons. The molecule has 0 aliphatic carbocycles. The first-order valence-corrected chi connectivity index (χ1v) is 12.8. The third-order valence-corrected chi connectivity index (χ3v) is 7.43. The number of amides is 2. The molecule has 3 aliphatic heterocycles. The molecule has 3 aromatic rings. The summed E-state index contributed by atoms with van der Waals surface area (Å²) >= 11 is 0. The van der Waals surface area contributed by atoms with Gasteiger partial charge in [0, 0.05) is 56.2 Å². The second kappa shape index (κ2) is 10.3. The number of methoxy groups -OCH3 is 1. The fraction of sp³-hybridized carbons (Fsp3) is 0.429. The van der Waals surface area contributed by atoms with Crippen LogP contribution >= 0.6 is 0 Å². The SMILES string of the molecule is COC1c2cccc(OCc3cc4ccc(CN5CCOCC5)cc4o3)c2CN1C1CCC(=O)NC1=O. The highest BCUT2D eigenvalue weighted by Crippen LogP contribution is 2.41. The molecule has 2 aromatic carbocycles. The molecule has 6 rings (SSSR count). The maximum atomic E-state index is 12.5. The number of hydrogen-bond acceptors (Lipinski definition) is 8. The van der Waals surface area contributed by atoms with E-state index in [1.54, 1.807) is 7.11 Å². The van der Waals surface area contributed by atoms with Crippen LogP contribution < -0.4 is 10.1 Å². The number of ether oxygens (including phenoxy) is 3. The average Bonchev–Trinajstić information content (AvgIpc) is 3.49. The van der Waals surface area contributed by atoms with Crippen molar-refractivity contribution < 1.29 is 28.2 Å². The molecule has 37 heavy (non-hydrogen) atoms. The van der Waals surface area contributed by atoms with Gasteiger partial charge in [-0.25, -0.2) is 0 Å². The number of rotatable bonds is 7. The lowest BCUT2D eigenvalue weighted by atomic mass is 10.0. The number of nitrogens with one attached hydrogen (secondary N) is 1. The number of carbonyl (C=O) groups is 2. The van der Waals surface area contributed by atoms with E-state index < -0.39 is 6.04 Å². The number of fused-ring (bicyclic) bond motifs is 2. The summed E-state index contributed by atoms with van der Waals surface area (Å²) < 4.78 is 23.6. The monoisotopic (exact) mass is 505 g/mol. The molecular formula is C28H31N3O6. The minimum atomic E-state index is -0.426. The highest BCUT2D eigenvalue weighted by Gasteiger charge is 2.41. The summed E-state index contributed by atoms with van der Waals surface area (Å²) in [6.45, 7) is 5.13. The largest absolute Gasteiger partial charge is 0.485 e. The van der Waals surface area contributed by atoms with E-state index in [0.717, 1.165) is 66.5 Å². The second-order valence-corrected chi connectivity index (χ2v) is 9.81. The molecule has 2 saturated heterocycles. The summed E-state index contributed by atoms with van der Waals surface area (Å²) in [7, 11) is 1.63. The van der Waals surface area contributed by atoms with Crippen molar-refractivity contribution in [1.29, 1.82) is 0 Å². The fourth-order valence-corrected chi connectivity index (χ4v) is 5.56. The Labute approximate surface area is 215 Å². The first kappa shape index (κ1) is 24.1. The number of piperidine rings is 1. The van der Waals surface area contributed by atoms with Gasteiger partial charge in [0.25, 0.3) is 0 Å². The molecule has 9 nitrogen and oxygen atoms in total. The minimum absolute atomic E-state index is 0.227. The van der Waals surface area contributed by atoms with E-state index in [-0.39, 0.29) is 18.0 Å². The normalized spacial score (nSPS) is 22.8. The zero-order valence-corrected chi connectivity index (χ0v) is 20.9. The predicted octanol–water partition coefficient (Wildman–Crippen LogP) is 3.11. The lowest BCUT2D eigenvalue weighted by Crippen LogP contribution is -2.52. The van der Waals surface area contributed by atoms with Gasteiger partial charge in [-0.15, -0.1) is 0 Å². The van der Waals surface area contributed by atoms with Crippen molar-refractivity contribution in [2.75, 3.05) is 33.4 Å². The first-order valence-electron chi connectivity index (χ1n) is 12.8. The van der Waals surface area contributed by atoms with Crippen LogP contribution in [0.4, 0.5) is 0 Å². The highest BCUT2D eigenvalue weighted by molar-refractivity contribution is 6.00. The Morgan fingerprint density at radius 1 is 1.11 bits per heavy atom. The predicted molar refractivity (Wildman–Crippen MR) is 135 cm³/mol. The third-order valence-electron chi connectivity index (χ3n) is 7.43. The van der Waals surface area contributed by atoms with E-state index in [0.29, 0.717) is 26.0 Å². The fourth-order valence-electron chi connectivity index (χ4n) is 5.56. The Morgan fingerprint density at radius 2 is 1.97 bits per heavy atom. The van der Waals surface area contributed by atoms with Crippen molar-refractivity contribution >= 4 is 22.8 Å². The highest BCUT2D eigenvalue weighted by atomic mass is 16.5. The lowest BCUT2D eigenvalue weighted by molar-refractivity contribution is -0.143. The smallest absolute Gasteiger partial charge is 0.244 e. The molecule has 0 bridgehead atoms. The summed E-state index contributed by atoms with van der Waals surface area (Å²) in [6, 6.07) is 13.8. The van der Waals surface area contributed by atoms with E-state index in [2.05, 4.69) is 28.4 Å². The van der Waals surface area contributed by atoms with Crippen LogP contribution in [-0.4, -0.2) is 61.1 Å². The van der Waals surface area contributed by atoms with Crippen LogP contribution in [0.1, 0.15) is 41.5 Å². The summed E-state index contributed by atoms with van der Waals surface area (Å²) in [5.41, 5.74) is 4.03. The number of nitrogens with zero attached hydrogens (tertiary/aromatic N) is 2. The van der Waals surface area contributed by atoms with Crippen LogP contribution in [0.15, 0.2) is 46.9 Å². The molecule has 4 heterocycles. The maximum absolute atomic E-state index is 12.5. The summed E-state index contributed by atoms with van der Waals surface area (Å²) in [5.74, 6) is 0.987. The van der Waals surface area contributed by atoms with Crippen molar-refractivity contribution in [3.63, 3.8) is 0 Å². The Kier molecular flexibility index (Phi) is 6.69. The molecule has 9 heteroatoms. The van der Waals surface area contributed by atoms with Gasteiger partial charge < -0.3 is 18.6 Å². The Morgan fingerprint density at radius 3 is 2.78 bits per heavy atom. The van der Waals surface area contributed by atoms with Crippen LogP contribution in [0.5, 0.6) is 5.75 Å². The van der Waals surface area contributed by atoms with Crippen LogP contribution in [0.25, 0.3) is 11.0 Å². The quantitative estimate of drug-likeness (QED) is 0.490. The van der Waals surface area contributed by atoms with E-state index in [4.69, 9.17) is 18.6 Å². The molecule has 0 radical (unpaired) electrons. The standard InChI is InChI=1S/C28H31N3O6/c1-34-28-21-3-2-4-24(22(21)16-31(28)23-7-8-26(32)29-27(23)33)36-17-20-14-19-6-5-18(13-25(19)37-20)15-30-9-11-35-12-10-30/h2-6,13-14,23,28H,7-12,15-17H2,1H3,(H,29,32,33). The van der Waals surface area contributed by atoms with Gasteiger partial charge in [0.15, 0.2) is 0 Å². The molecule has 2 amide bonds. The van der Waals surface area contributed by atoms with Gasteiger partial charge in [-0.3, -0.25) is 24.7 Å². The Bertz CT molecular complexity index is 1310. The first-order chi connectivity index (χ1) is 18.1. The van der Waals surface area contributed by atoms with Crippen molar-refractivity contribution in [2.45, 2.75) is 44.8 Å². The molecule has 0 saturated carbocycles. The number of imide groups is 1. The second-order valence-electron chi connectivity index (χ2n) is 9.81. The topological polar surface area (TPSA) is 93.5 Å².